The summed E-state index contributed by atoms with van der Waals surface area (Å²) < 4.78 is 35.1. The van der Waals surface area contributed by atoms with Gasteiger partial charge in [-0.25, -0.2) is 18.7 Å². The van der Waals surface area contributed by atoms with E-state index in [0.29, 0.717) is 45.4 Å². The maximum absolute atomic E-state index is 14.1. The molecule has 1 atom stereocenters. The van der Waals surface area contributed by atoms with Crippen LogP contribution >= 0.6 is 0 Å². The molecule has 1 N–H and O–H groups in total. The van der Waals surface area contributed by atoms with Crippen LogP contribution in [0.15, 0.2) is 30.6 Å². The fraction of sp³-hybridized carbons (Fsp3) is 0.500. The van der Waals surface area contributed by atoms with Gasteiger partial charge in [0.15, 0.2) is 17.4 Å². The average molecular weight is 538 g/mol. The molecule has 0 bridgehead atoms. The van der Waals surface area contributed by atoms with E-state index in [2.05, 4.69) is 15.3 Å². The first-order chi connectivity index (χ1) is 19.0. The van der Waals surface area contributed by atoms with Crippen molar-refractivity contribution in [2.75, 3.05) is 31.1 Å². The minimum Gasteiger partial charge on any atom is -0.487 e. The molecule has 0 saturated carbocycles. The van der Waals surface area contributed by atoms with Crippen molar-refractivity contribution in [1.82, 2.24) is 30.0 Å². The van der Waals surface area contributed by atoms with Gasteiger partial charge in [-0.2, -0.15) is 5.10 Å². The number of hydrogen-bond donors (Lipinski definition) is 1. The van der Waals surface area contributed by atoms with Crippen molar-refractivity contribution in [1.29, 1.82) is 0 Å². The minimum absolute atomic E-state index is 0.0722. The molecule has 2 aromatic heterocycles. The van der Waals surface area contributed by atoms with Crippen molar-refractivity contribution in [3.63, 3.8) is 0 Å². The number of rotatable bonds is 6. The third kappa shape index (κ3) is 5.32. The molecule has 9 nitrogen and oxygen atoms in total. The first-order valence-corrected chi connectivity index (χ1v) is 13.8. The van der Waals surface area contributed by atoms with E-state index in [1.807, 2.05) is 28.9 Å². The van der Waals surface area contributed by atoms with E-state index in [4.69, 9.17) is 14.7 Å². The second-order valence-electron chi connectivity index (χ2n) is 10.4. The Kier molecular flexibility index (Phi) is 7.16. The van der Waals surface area contributed by atoms with Gasteiger partial charge in [-0.15, -0.1) is 0 Å². The highest BCUT2D eigenvalue weighted by atomic mass is 19.1. The molecule has 0 spiro atoms. The molecule has 0 radical (unpaired) electrons. The van der Waals surface area contributed by atoms with Crippen LogP contribution in [0.4, 0.5) is 14.6 Å². The Labute approximate surface area is 226 Å². The molecular weight excluding hydrogens is 504 g/mol. The van der Waals surface area contributed by atoms with Gasteiger partial charge < -0.3 is 19.9 Å². The molecule has 3 aliphatic heterocycles. The van der Waals surface area contributed by atoms with Crippen LogP contribution in [0.5, 0.6) is 5.75 Å². The number of fused-ring (bicyclic) bond motifs is 1. The summed E-state index contributed by atoms with van der Waals surface area (Å²) in [5.41, 5.74) is 3.40. The first kappa shape index (κ1) is 25.7. The van der Waals surface area contributed by atoms with Gasteiger partial charge >= 0.3 is 0 Å². The van der Waals surface area contributed by atoms with Crippen LogP contribution in [-0.2, 0) is 24.3 Å². The number of carbonyl (C=O) groups excluding carboxylic acids is 1. The molecule has 0 aliphatic carbocycles. The Bertz CT molecular complexity index is 1350. The zero-order chi connectivity index (χ0) is 26.9. The van der Waals surface area contributed by atoms with E-state index in [9.17, 15) is 13.6 Å². The molecular formula is C28H33F2N7O2. The van der Waals surface area contributed by atoms with Crippen LogP contribution in [0, 0.1) is 11.6 Å². The van der Waals surface area contributed by atoms with Crippen molar-refractivity contribution in [2.45, 2.75) is 64.3 Å². The van der Waals surface area contributed by atoms with Gasteiger partial charge in [0.2, 0.25) is 5.91 Å². The highest BCUT2D eigenvalue weighted by molar-refractivity contribution is 5.82. The summed E-state index contributed by atoms with van der Waals surface area (Å²) in [5, 5.41) is 7.76. The molecule has 6 rings (SSSR count). The fourth-order valence-electron chi connectivity index (χ4n) is 5.63. The Morgan fingerprint density at radius 2 is 1.97 bits per heavy atom. The second kappa shape index (κ2) is 10.9. The van der Waals surface area contributed by atoms with Gasteiger partial charge in [-0.1, -0.05) is 0 Å². The van der Waals surface area contributed by atoms with E-state index in [1.165, 1.54) is 12.1 Å². The average Bonchev–Trinajstić information content (AvgIpc) is 3.66. The molecule has 3 aliphatic rings. The number of piperidine rings is 1. The zero-order valence-electron chi connectivity index (χ0n) is 22.1. The largest absolute Gasteiger partial charge is 0.487 e. The number of anilines is 1. The molecule has 206 valence electrons. The SMILES string of the molecule is CCn1cc(-c2nc3c(nc2N2CCC(Oc4ccc(F)cc4F)CC2)CCN(C(=O)C2CCCN2)C3)cn1. The monoisotopic (exact) mass is 537 g/mol. The van der Waals surface area contributed by atoms with Crippen LogP contribution in [0.25, 0.3) is 11.3 Å². The predicted octanol–water partition coefficient (Wildman–Crippen LogP) is 3.32. The van der Waals surface area contributed by atoms with Crippen molar-refractivity contribution < 1.29 is 18.3 Å². The van der Waals surface area contributed by atoms with Gasteiger partial charge in [0, 0.05) is 63.3 Å². The lowest BCUT2D eigenvalue weighted by Crippen LogP contribution is -2.46. The summed E-state index contributed by atoms with van der Waals surface area (Å²) in [7, 11) is 0. The maximum Gasteiger partial charge on any atom is 0.240 e. The van der Waals surface area contributed by atoms with Crippen molar-refractivity contribution >= 4 is 11.7 Å². The number of halogens is 2. The molecule has 11 heteroatoms. The third-order valence-corrected chi connectivity index (χ3v) is 7.82. The van der Waals surface area contributed by atoms with E-state index in [0.717, 1.165) is 60.5 Å². The second-order valence-corrected chi connectivity index (χ2v) is 10.4. The van der Waals surface area contributed by atoms with Crippen LogP contribution in [0.1, 0.15) is 44.0 Å². The number of nitrogens with zero attached hydrogens (tertiary/aromatic N) is 6. The molecule has 1 aromatic carbocycles. The number of benzene rings is 1. The summed E-state index contributed by atoms with van der Waals surface area (Å²) >= 11 is 0. The summed E-state index contributed by atoms with van der Waals surface area (Å²) in [6, 6.07) is 3.28. The molecule has 1 unspecified atom stereocenters. The number of hydrogen-bond acceptors (Lipinski definition) is 7. The summed E-state index contributed by atoms with van der Waals surface area (Å²) in [5.74, 6) is -0.299. The van der Waals surface area contributed by atoms with Gasteiger partial charge in [0.25, 0.3) is 0 Å². The number of nitrogens with one attached hydrogen (secondary N) is 1. The van der Waals surface area contributed by atoms with Crippen LogP contribution in [-0.4, -0.2) is 68.9 Å². The molecule has 5 heterocycles. The summed E-state index contributed by atoms with van der Waals surface area (Å²) in [6.45, 7) is 6.06. The van der Waals surface area contributed by atoms with Gasteiger partial charge in [0.05, 0.1) is 30.2 Å². The van der Waals surface area contributed by atoms with Crippen LogP contribution in [0.3, 0.4) is 0 Å². The number of aryl methyl sites for hydroxylation is 1. The summed E-state index contributed by atoms with van der Waals surface area (Å²) in [6.07, 6.45) is 7.50. The first-order valence-electron chi connectivity index (χ1n) is 13.8. The number of ether oxygens (including phenoxy) is 1. The molecule has 1 amide bonds. The normalized spacial score (nSPS) is 19.8. The van der Waals surface area contributed by atoms with Crippen LogP contribution in [0.2, 0.25) is 0 Å². The Hall–Kier alpha value is -3.60. The molecule has 2 fully saturated rings. The van der Waals surface area contributed by atoms with Gasteiger partial charge in [-0.3, -0.25) is 9.48 Å². The maximum atomic E-state index is 14.1. The summed E-state index contributed by atoms with van der Waals surface area (Å²) in [4.78, 5) is 27.3. The third-order valence-electron chi connectivity index (χ3n) is 7.82. The Morgan fingerprint density at radius 1 is 1.13 bits per heavy atom. The van der Waals surface area contributed by atoms with E-state index < -0.39 is 11.6 Å². The quantitative estimate of drug-likeness (QED) is 0.516. The van der Waals surface area contributed by atoms with Gasteiger partial charge in [0.1, 0.15) is 17.6 Å². The van der Waals surface area contributed by atoms with E-state index in [-0.39, 0.29) is 23.8 Å². The van der Waals surface area contributed by atoms with Crippen LogP contribution < -0.4 is 15.0 Å². The smallest absolute Gasteiger partial charge is 0.240 e. The van der Waals surface area contributed by atoms with Gasteiger partial charge in [-0.05, 0) is 38.4 Å². The van der Waals surface area contributed by atoms with E-state index >= 15 is 0 Å². The molecule has 2 saturated heterocycles. The number of amides is 1. The predicted molar refractivity (Wildman–Crippen MR) is 141 cm³/mol. The lowest BCUT2D eigenvalue weighted by atomic mass is 10.0. The van der Waals surface area contributed by atoms with Crippen molar-refractivity contribution in [2.24, 2.45) is 0 Å². The minimum atomic E-state index is -0.690. The zero-order valence-corrected chi connectivity index (χ0v) is 22.1. The lowest BCUT2D eigenvalue weighted by Gasteiger charge is -2.35. The van der Waals surface area contributed by atoms with E-state index in [1.54, 1.807) is 0 Å². The fourth-order valence-corrected chi connectivity index (χ4v) is 5.63. The highest BCUT2D eigenvalue weighted by Crippen LogP contribution is 2.33. The number of carbonyl (C=O) groups is 1. The standard InChI is InChI=1S/C28H33F2N7O2/c1-2-37-16-18(15-32-37)26-27(35-11-7-20(8-12-35)39-25-6-5-19(29)14-21(25)30)34-22-9-13-36(17-24(22)33-26)28(38)23-4-3-10-31-23/h5-6,14-16,20,23,31H,2-4,7-13,17H2,1H3. The molecule has 3 aromatic rings. The van der Waals surface area contributed by atoms with Crippen molar-refractivity contribution in [3.05, 3.63) is 53.6 Å². The molecule has 39 heavy (non-hydrogen) atoms. The Balaban J connectivity index is 1.23. The Morgan fingerprint density at radius 3 is 2.69 bits per heavy atom. The van der Waals surface area contributed by atoms with Crippen molar-refractivity contribution in [3.8, 4) is 17.0 Å². The number of aromatic nitrogens is 4. The lowest BCUT2D eigenvalue weighted by molar-refractivity contribution is -0.134. The topological polar surface area (TPSA) is 88.4 Å². The highest BCUT2D eigenvalue weighted by Gasteiger charge is 2.32.